The Morgan fingerprint density at radius 1 is 0.284 bits per heavy atom. The summed E-state index contributed by atoms with van der Waals surface area (Å²) in [5.41, 5.74) is 0. The molecule has 0 rings (SSSR count). The lowest BCUT2D eigenvalue weighted by Crippen LogP contribution is -2.30. The summed E-state index contributed by atoms with van der Waals surface area (Å²) < 4.78 is 16.8. The third kappa shape index (κ3) is 58.7. The van der Waals surface area contributed by atoms with Gasteiger partial charge in [0.05, 0.1) is 0 Å². The van der Waals surface area contributed by atoms with Crippen LogP contribution in [0.5, 0.6) is 0 Å². The second-order valence-electron chi connectivity index (χ2n) is 19.9. The third-order valence-electron chi connectivity index (χ3n) is 12.7. The predicted molar refractivity (Wildman–Crippen MR) is 320 cm³/mol. The summed E-state index contributed by atoms with van der Waals surface area (Å²) in [7, 11) is 0. The van der Waals surface area contributed by atoms with E-state index in [-0.39, 0.29) is 31.6 Å². The number of carbonyl (C=O) groups is 3. The van der Waals surface area contributed by atoms with Crippen LogP contribution in [-0.4, -0.2) is 37.2 Å². The van der Waals surface area contributed by atoms with Gasteiger partial charge in [0.1, 0.15) is 13.2 Å². The van der Waals surface area contributed by atoms with E-state index in [0.717, 1.165) is 109 Å². The van der Waals surface area contributed by atoms with E-state index in [4.69, 9.17) is 14.2 Å². The molecule has 0 aromatic heterocycles. The van der Waals surface area contributed by atoms with Crippen molar-refractivity contribution in [1.29, 1.82) is 0 Å². The molecule has 420 valence electrons. The van der Waals surface area contributed by atoms with Crippen LogP contribution in [0.25, 0.3) is 0 Å². The number of ether oxygens (including phenoxy) is 3. The maximum Gasteiger partial charge on any atom is 0.306 e. The monoisotopic (exact) mass is 1020 g/mol. The molecule has 1 atom stereocenters. The Bertz CT molecular complexity index is 1550. The van der Waals surface area contributed by atoms with Gasteiger partial charge in [-0.3, -0.25) is 14.4 Å². The number of carbonyl (C=O) groups excluding carboxylic acids is 3. The van der Waals surface area contributed by atoms with Crippen LogP contribution in [0.2, 0.25) is 0 Å². The molecule has 0 aliphatic carbocycles. The van der Waals surface area contributed by atoms with Gasteiger partial charge >= 0.3 is 17.9 Å². The van der Waals surface area contributed by atoms with E-state index in [1.807, 2.05) is 6.08 Å². The number of esters is 3. The highest BCUT2D eigenvalue weighted by Crippen LogP contribution is 2.15. The van der Waals surface area contributed by atoms with Crippen molar-refractivity contribution in [2.45, 2.75) is 277 Å². The van der Waals surface area contributed by atoms with Crippen molar-refractivity contribution in [2.75, 3.05) is 13.2 Å². The van der Waals surface area contributed by atoms with Gasteiger partial charge in [-0.2, -0.15) is 0 Å². The van der Waals surface area contributed by atoms with Crippen LogP contribution < -0.4 is 0 Å². The maximum absolute atomic E-state index is 12.8. The first kappa shape index (κ1) is 69.8. The van der Waals surface area contributed by atoms with Crippen LogP contribution in [-0.2, 0) is 28.6 Å². The molecule has 0 heterocycles. The fourth-order valence-electron chi connectivity index (χ4n) is 8.10. The largest absolute Gasteiger partial charge is 0.462 e. The molecule has 0 amide bonds. The van der Waals surface area contributed by atoms with Gasteiger partial charge in [0.15, 0.2) is 6.10 Å². The lowest BCUT2D eigenvalue weighted by Gasteiger charge is -2.18. The molecule has 6 nitrogen and oxygen atoms in total. The highest BCUT2D eigenvalue weighted by Gasteiger charge is 2.19. The fourth-order valence-corrected chi connectivity index (χ4v) is 8.10. The topological polar surface area (TPSA) is 78.9 Å². The lowest BCUT2D eigenvalue weighted by molar-refractivity contribution is -0.166. The first-order valence-corrected chi connectivity index (χ1v) is 30.5. The Morgan fingerprint density at radius 3 is 0.919 bits per heavy atom. The van der Waals surface area contributed by atoms with Crippen molar-refractivity contribution in [1.82, 2.24) is 0 Å². The van der Waals surface area contributed by atoms with Gasteiger partial charge in [-0.1, -0.05) is 258 Å². The number of allylic oxidation sites excluding steroid dienone is 20. The average molecular weight is 1030 g/mol. The van der Waals surface area contributed by atoms with Gasteiger partial charge in [-0.25, -0.2) is 0 Å². The molecular formula is C68H112O6. The molecular weight excluding hydrogens is 913 g/mol. The molecule has 0 radical (unpaired) electrons. The van der Waals surface area contributed by atoms with Crippen molar-refractivity contribution >= 4 is 17.9 Å². The quantitative estimate of drug-likeness (QED) is 0.0261. The molecule has 0 aliphatic heterocycles. The Kier molecular flexibility index (Phi) is 57.9. The summed E-state index contributed by atoms with van der Waals surface area (Å²) in [4.78, 5) is 38.2. The van der Waals surface area contributed by atoms with Crippen molar-refractivity contribution in [3.8, 4) is 0 Å². The Hall–Kier alpha value is -4.19. The van der Waals surface area contributed by atoms with E-state index >= 15 is 0 Å². The standard InChI is InChI=1S/C68H112O6/c1-4-7-10-13-16-19-22-25-28-30-32-33-34-35-37-38-40-43-46-49-52-55-58-61-67(70)73-64-65(63-72-66(69)60-57-54-51-48-45-42-27-24-21-18-15-12-9-6-3)74-68(71)62-59-56-53-50-47-44-41-39-36-31-29-26-23-20-17-14-11-8-5-2/h8,11,15,17-18,20,22,24-27,29-30,32,36,39,44,47,53,56,65H,4-7,9-10,12-14,16,19,21,23,28,31,33-35,37-38,40-43,45-46,48-52,54-55,57-64H2,1-3H3/b11-8-,18-15-,20-17-,25-22-,27-24-,29-26-,32-30-,39-36-,47-44-,56-53-. The van der Waals surface area contributed by atoms with Crippen molar-refractivity contribution in [3.63, 3.8) is 0 Å². The summed E-state index contributed by atoms with van der Waals surface area (Å²) in [6.45, 7) is 6.41. The molecule has 0 aromatic carbocycles. The minimum absolute atomic E-state index is 0.116. The molecule has 6 heteroatoms. The van der Waals surface area contributed by atoms with E-state index in [1.54, 1.807) is 0 Å². The van der Waals surface area contributed by atoms with Gasteiger partial charge in [0, 0.05) is 19.3 Å². The van der Waals surface area contributed by atoms with Gasteiger partial charge in [-0.05, 0) is 116 Å². The summed E-state index contributed by atoms with van der Waals surface area (Å²) in [5.74, 6) is -1.02. The van der Waals surface area contributed by atoms with Crippen molar-refractivity contribution in [3.05, 3.63) is 122 Å². The average Bonchev–Trinajstić information content (AvgIpc) is 3.40. The molecule has 0 saturated carbocycles. The number of hydrogen-bond donors (Lipinski definition) is 0. The minimum Gasteiger partial charge on any atom is -0.462 e. The fraction of sp³-hybridized carbons (Fsp3) is 0.662. The summed E-state index contributed by atoms with van der Waals surface area (Å²) in [6, 6.07) is 0. The van der Waals surface area contributed by atoms with E-state index < -0.39 is 12.1 Å². The molecule has 0 saturated heterocycles. The molecule has 0 aromatic rings. The van der Waals surface area contributed by atoms with Crippen LogP contribution >= 0.6 is 0 Å². The van der Waals surface area contributed by atoms with Crippen LogP contribution in [0, 0.1) is 0 Å². The molecule has 0 fully saturated rings. The zero-order chi connectivity index (χ0) is 53.6. The zero-order valence-electron chi connectivity index (χ0n) is 48.1. The molecule has 0 aliphatic rings. The Morgan fingerprint density at radius 2 is 0.568 bits per heavy atom. The maximum atomic E-state index is 12.8. The number of rotatable bonds is 54. The number of hydrogen-bond acceptors (Lipinski definition) is 6. The summed E-state index contributed by atoms with van der Waals surface area (Å²) in [6.07, 6.45) is 84.9. The van der Waals surface area contributed by atoms with Crippen LogP contribution in [0.15, 0.2) is 122 Å². The third-order valence-corrected chi connectivity index (χ3v) is 12.7. The van der Waals surface area contributed by atoms with E-state index in [0.29, 0.717) is 19.3 Å². The predicted octanol–water partition coefficient (Wildman–Crippen LogP) is 20.8. The van der Waals surface area contributed by atoms with Gasteiger partial charge < -0.3 is 14.2 Å². The van der Waals surface area contributed by atoms with Crippen LogP contribution in [0.1, 0.15) is 271 Å². The van der Waals surface area contributed by atoms with E-state index in [9.17, 15) is 14.4 Å². The number of unbranched alkanes of at least 4 members (excludes halogenated alkanes) is 23. The first-order chi connectivity index (χ1) is 36.5. The van der Waals surface area contributed by atoms with E-state index in [1.165, 1.54) is 116 Å². The summed E-state index contributed by atoms with van der Waals surface area (Å²) >= 11 is 0. The van der Waals surface area contributed by atoms with Crippen LogP contribution in [0.3, 0.4) is 0 Å². The van der Waals surface area contributed by atoms with Crippen LogP contribution in [0.4, 0.5) is 0 Å². The van der Waals surface area contributed by atoms with Gasteiger partial charge in [0.2, 0.25) is 0 Å². The highest BCUT2D eigenvalue weighted by molar-refractivity contribution is 5.71. The zero-order valence-corrected chi connectivity index (χ0v) is 48.1. The molecule has 0 spiro atoms. The second kappa shape index (κ2) is 61.4. The highest BCUT2D eigenvalue weighted by atomic mass is 16.6. The SMILES string of the molecule is CC/C=C\C/C=C\C/C=C\C/C=C\C/C=C\C/C=C\CCC(=O)OC(COC(=O)CCCCCCC/C=C\C/C=C\CCCC)COC(=O)CCCCCCCCCCCCC/C=C\C/C=C\CCCCCCC. The molecule has 1 unspecified atom stereocenters. The van der Waals surface area contributed by atoms with Crippen molar-refractivity contribution < 1.29 is 28.6 Å². The second-order valence-corrected chi connectivity index (χ2v) is 19.9. The smallest absolute Gasteiger partial charge is 0.306 e. The van der Waals surface area contributed by atoms with Gasteiger partial charge in [-0.15, -0.1) is 0 Å². The Balaban J connectivity index is 4.47. The normalized spacial score (nSPS) is 13.0. The Labute approximate surface area is 456 Å². The molecule has 0 bridgehead atoms. The first-order valence-electron chi connectivity index (χ1n) is 30.5. The van der Waals surface area contributed by atoms with Crippen molar-refractivity contribution in [2.24, 2.45) is 0 Å². The van der Waals surface area contributed by atoms with Gasteiger partial charge in [0.25, 0.3) is 0 Å². The molecule has 74 heavy (non-hydrogen) atoms. The lowest BCUT2D eigenvalue weighted by atomic mass is 10.0. The summed E-state index contributed by atoms with van der Waals surface area (Å²) in [5, 5.41) is 0. The minimum atomic E-state index is -0.829. The molecule has 0 N–H and O–H groups in total. The van der Waals surface area contributed by atoms with E-state index in [2.05, 4.69) is 136 Å².